The number of nitrogens with zero attached hydrogens (tertiary/aromatic N) is 1. The highest BCUT2D eigenvalue weighted by Gasteiger charge is 2.06. The Morgan fingerprint density at radius 1 is 1.60 bits per heavy atom. The van der Waals surface area contributed by atoms with Crippen molar-refractivity contribution in [2.45, 2.75) is 26.2 Å². The Bertz CT molecular complexity index is 343. The van der Waals surface area contributed by atoms with Crippen LogP contribution < -0.4 is 10.6 Å². The van der Waals surface area contributed by atoms with Gasteiger partial charge in [0.25, 0.3) is 0 Å². The fourth-order valence-electron chi connectivity index (χ4n) is 1.55. The summed E-state index contributed by atoms with van der Waals surface area (Å²) in [5, 5.41) is 9.92. The van der Waals surface area contributed by atoms with E-state index in [0.29, 0.717) is 0 Å². The van der Waals surface area contributed by atoms with Crippen LogP contribution in [0.15, 0.2) is 16.4 Å². The van der Waals surface area contributed by atoms with Crippen LogP contribution in [0.2, 0.25) is 0 Å². The highest BCUT2D eigenvalue weighted by Crippen LogP contribution is 2.21. The van der Waals surface area contributed by atoms with Crippen LogP contribution in [0.4, 0.5) is 5.00 Å². The van der Waals surface area contributed by atoms with Crippen LogP contribution in [0.5, 0.6) is 0 Å². The molecule has 0 fully saturated rings. The predicted octanol–water partition coefficient (Wildman–Crippen LogP) is 2.46. The molecule has 3 nitrogen and oxygen atoms in total. The first-order chi connectivity index (χ1) is 7.38. The van der Waals surface area contributed by atoms with E-state index in [1.807, 2.05) is 0 Å². The minimum Gasteiger partial charge on any atom is -0.354 e. The summed E-state index contributed by atoms with van der Waals surface area (Å²) in [7, 11) is 0. The number of hydrogen-bond donors (Lipinski definition) is 2. The van der Waals surface area contributed by atoms with Crippen molar-refractivity contribution in [1.29, 1.82) is 0 Å². The van der Waals surface area contributed by atoms with Crippen molar-refractivity contribution in [3.05, 3.63) is 17.0 Å². The van der Waals surface area contributed by atoms with Gasteiger partial charge in [-0.05, 0) is 29.9 Å². The second-order valence-electron chi connectivity index (χ2n) is 3.70. The van der Waals surface area contributed by atoms with E-state index in [0.717, 1.165) is 19.0 Å². The third-order valence-electron chi connectivity index (χ3n) is 2.39. The molecule has 4 heteroatoms. The van der Waals surface area contributed by atoms with E-state index < -0.39 is 0 Å². The molecule has 0 aromatic carbocycles. The molecule has 0 saturated heterocycles. The largest absolute Gasteiger partial charge is 0.354 e. The van der Waals surface area contributed by atoms with Crippen molar-refractivity contribution in [2.75, 3.05) is 18.4 Å². The van der Waals surface area contributed by atoms with Gasteiger partial charge in [0.05, 0.1) is 11.5 Å². The first-order valence-corrected chi connectivity index (χ1v) is 6.39. The van der Waals surface area contributed by atoms with Crippen LogP contribution in [0.1, 0.15) is 25.3 Å². The number of hydrogen-bond acceptors (Lipinski definition) is 4. The topological polar surface area (TPSA) is 36.4 Å². The molecule has 15 heavy (non-hydrogen) atoms. The Balaban J connectivity index is 1.89. The monoisotopic (exact) mass is 223 g/mol. The fraction of sp³-hybridized carbons (Fsp3) is 0.545. The molecule has 2 heterocycles. The van der Waals surface area contributed by atoms with Crippen LogP contribution in [0, 0.1) is 0 Å². The SMILES string of the molecule is CCCCc1csc(NC2=NCCN2)c1. The van der Waals surface area contributed by atoms with Gasteiger partial charge in [0, 0.05) is 6.54 Å². The molecule has 0 saturated carbocycles. The quantitative estimate of drug-likeness (QED) is 0.822. The maximum Gasteiger partial charge on any atom is 0.196 e. The van der Waals surface area contributed by atoms with Crippen LogP contribution in [-0.2, 0) is 6.42 Å². The van der Waals surface area contributed by atoms with Crippen LogP contribution in [-0.4, -0.2) is 19.0 Å². The Labute approximate surface area is 94.6 Å². The predicted molar refractivity (Wildman–Crippen MR) is 66.9 cm³/mol. The lowest BCUT2D eigenvalue weighted by molar-refractivity contribution is 0.797. The highest BCUT2D eigenvalue weighted by atomic mass is 32.1. The normalized spacial score (nSPS) is 14.9. The van der Waals surface area contributed by atoms with E-state index in [2.05, 4.69) is 34.0 Å². The number of guanidine groups is 1. The molecule has 0 unspecified atom stereocenters. The third kappa shape index (κ3) is 2.96. The molecule has 1 aliphatic rings. The summed E-state index contributed by atoms with van der Waals surface area (Å²) in [6.07, 6.45) is 3.72. The zero-order valence-corrected chi connectivity index (χ0v) is 9.86. The highest BCUT2D eigenvalue weighted by molar-refractivity contribution is 7.14. The average Bonchev–Trinajstić information content (AvgIpc) is 2.87. The van der Waals surface area contributed by atoms with Gasteiger partial charge in [-0.1, -0.05) is 13.3 Å². The van der Waals surface area contributed by atoms with Gasteiger partial charge < -0.3 is 10.6 Å². The van der Waals surface area contributed by atoms with Gasteiger partial charge in [0.15, 0.2) is 5.96 Å². The van der Waals surface area contributed by atoms with Crippen molar-refractivity contribution in [3.63, 3.8) is 0 Å². The number of unbranched alkanes of at least 4 members (excludes halogenated alkanes) is 1. The van der Waals surface area contributed by atoms with Gasteiger partial charge in [-0.3, -0.25) is 4.99 Å². The molecule has 0 atom stereocenters. The maximum absolute atomic E-state index is 4.30. The molecule has 0 bridgehead atoms. The van der Waals surface area contributed by atoms with Gasteiger partial charge in [-0.2, -0.15) is 0 Å². The molecule has 1 aromatic rings. The molecule has 0 amide bonds. The Hall–Kier alpha value is -1.03. The average molecular weight is 223 g/mol. The summed E-state index contributed by atoms with van der Waals surface area (Å²) in [5.41, 5.74) is 1.43. The minimum absolute atomic E-state index is 0.885. The zero-order chi connectivity index (χ0) is 10.5. The van der Waals surface area contributed by atoms with Gasteiger partial charge >= 0.3 is 0 Å². The van der Waals surface area contributed by atoms with Gasteiger partial charge in [-0.25, -0.2) is 0 Å². The van der Waals surface area contributed by atoms with E-state index in [4.69, 9.17) is 0 Å². The molecule has 1 aromatic heterocycles. The molecule has 2 rings (SSSR count). The van der Waals surface area contributed by atoms with Crippen LogP contribution in [0.25, 0.3) is 0 Å². The minimum atomic E-state index is 0.885. The molecule has 82 valence electrons. The second-order valence-corrected chi connectivity index (χ2v) is 4.62. The number of thiophene rings is 1. The summed E-state index contributed by atoms with van der Waals surface area (Å²) in [6.45, 7) is 4.06. The van der Waals surface area contributed by atoms with Crippen molar-refractivity contribution < 1.29 is 0 Å². The van der Waals surface area contributed by atoms with E-state index in [1.165, 1.54) is 29.8 Å². The standard InChI is InChI=1S/C11H17N3S/c1-2-3-4-9-7-10(15-8-9)14-11-12-5-6-13-11/h7-8H,2-6H2,1H3,(H2,12,13,14). The third-order valence-corrected chi connectivity index (χ3v) is 3.28. The second kappa shape index (κ2) is 5.16. The van der Waals surface area contributed by atoms with E-state index >= 15 is 0 Å². The molecular weight excluding hydrogens is 206 g/mol. The molecule has 0 aliphatic carbocycles. The number of aryl methyl sites for hydroxylation is 1. The number of anilines is 1. The fourth-order valence-corrected chi connectivity index (χ4v) is 2.39. The Morgan fingerprint density at radius 2 is 2.53 bits per heavy atom. The van der Waals surface area contributed by atoms with E-state index in [9.17, 15) is 0 Å². The first kappa shape index (κ1) is 10.5. The summed E-state index contributed by atoms with van der Waals surface area (Å²) >= 11 is 1.75. The van der Waals surface area contributed by atoms with Gasteiger partial charge in [0.1, 0.15) is 0 Å². The van der Waals surface area contributed by atoms with Crippen molar-refractivity contribution in [1.82, 2.24) is 5.32 Å². The Kier molecular flexibility index (Phi) is 3.61. The lowest BCUT2D eigenvalue weighted by Gasteiger charge is -2.02. The summed E-state index contributed by atoms with van der Waals surface area (Å²) in [5.74, 6) is 0.916. The van der Waals surface area contributed by atoms with Crippen LogP contribution in [0.3, 0.4) is 0 Å². The molecule has 0 spiro atoms. The van der Waals surface area contributed by atoms with Crippen LogP contribution >= 0.6 is 11.3 Å². The molecule has 1 aliphatic heterocycles. The zero-order valence-electron chi connectivity index (χ0n) is 9.05. The summed E-state index contributed by atoms with van der Waals surface area (Å²) in [4.78, 5) is 4.30. The molecular formula is C11H17N3S. The number of aliphatic imine (C=N–C) groups is 1. The van der Waals surface area contributed by atoms with E-state index in [1.54, 1.807) is 11.3 Å². The Morgan fingerprint density at radius 3 is 3.27 bits per heavy atom. The van der Waals surface area contributed by atoms with Gasteiger partial charge in [-0.15, -0.1) is 11.3 Å². The van der Waals surface area contributed by atoms with Gasteiger partial charge in [0.2, 0.25) is 0 Å². The van der Waals surface area contributed by atoms with Crippen molar-refractivity contribution in [2.24, 2.45) is 4.99 Å². The lowest BCUT2D eigenvalue weighted by atomic mass is 10.1. The van der Waals surface area contributed by atoms with E-state index in [-0.39, 0.29) is 0 Å². The summed E-state index contributed by atoms with van der Waals surface area (Å²) in [6, 6.07) is 2.23. The van der Waals surface area contributed by atoms with Crippen molar-refractivity contribution in [3.8, 4) is 0 Å². The number of rotatable bonds is 4. The molecule has 2 N–H and O–H groups in total. The summed E-state index contributed by atoms with van der Waals surface area (Å²) < 4.78 is 0. The van der Waals surface area contributed by atoms with Crippen molar-refractivity contribution >= 4 is 22.3 Å². The smallest absolute Gasteiger partial charge is 0.196 e. The lowest BCUT2D eigenvalue weighted by Crippen LogP contribution is -2.25. The maximum atomic E-state index is 4.30. The number of nitrogens with one attached hydrogen (secondary N) is 2. The molecule has 0 radical (unpaired) electrons. The first-order valence-electron chi connectivity index (χ1n) is 5.51.